The average Bonchev–Trinajstić information content (AvgIpc) is 2.68. The molecular weight excluding hydrogens is 262 g/mol. The summed E-state index contributed by atoms with van der Waals surface area (Å²) < 4.78 is 2.00. The van der Waals surface area contributed by atoms with Crippen molar-refractivity contribution in [1.82, 2.24) is 19.6 Å². The Hall–Kier alpha value is -0.620. The predicted molar refractivity (Wildman–Crippen MR) is 78.4 cm³/mol. The fourth-order valence-corrected chi connectivity index (χ4v) is 2.89. The van der Waals surface area contributed by atoms with Gasteiger partial charge in [0, 0.05) is 45.3 Å². The molecule has 108 valence electrons. The lowest BCUT2D eigenvalue weighted by Gasteiger charge is -2.39. The summed E-state index contributed by atoms with van der Waals surface area (Å²) in [5, 5.41) is 5.28. The van der Waals surface area contributed by atoms with Gasteiger partial charge in [0.2, 0.25) is 0 Å². The Bertz CT molecular complexity index is 431. The molecule has 6 heteroatoms. The summed E-state index contributed by atoms with van der Waals surface area (Å²) in [6.07, 6.45) is 0. The van der Waals surface area contributed by atoms with Gasteiger partial charge in [-0.1, -0.05) is 11.6 Å². The number of rotatable bonds is 4. The van der Waals surface area contributed by atoms with Gasteiger partial charge in [-0.05, 0) is 20.9 Å². The van der Waals surface area contributed by atoms with Crippen LogP contribution in [0.1, 0.15) is 18.3 Å². The molecule has 0 radical (unpaired) electrons. The number of aryl methyl sites for hydroxylation is 2. The van der Waals surface area contributed by atoms with E-state index in [-0.39, 0.29) is 0 Å². The normalized spacial score (nSPS) is 22.1. The van der Waals surface area contributed by atoms with Crippen LogP contribution < -0.4 is 5.73 Å². The van der Waals surface area contributed by atoms with Gasteiger partial charge in [-0.3, -0.25) is 9.58 Å². The van der Waals surface area contributed by atoms with Crippen LogP contribution in [0.25, 0.3) is 0 Å². The van der Waals surface area contributed by atoms with Gasteiger partial charge in [-0.15, -0.1) is 0 Å². The Kier molecular flexibility index (Phi) is 4.84. The number of aromatic nitrogens is 2. The van der Waals surface area contributed by atoms with E-state index in [0.717, 1.165) is 49.1 Å². The maximum absolute atomic E-state index is 6.38. The monoisotopic (exact) mass is 285 g/mol. The largest absolute Gasteiger partial charge is 0.329 e. The lowest BCUT2D eigenvalue weighted by atomic mass is 10.1. The van der Waals surface area contributed by atoms with Crippen LogP contribution in [0.2, 0.25) is 5.02 Å². The summed E-state index contributed by atoms with van der Waals surface area (Å²) in [5.41, 5.74) is 7.93. The highest BCUT2D eigenvalue weighted by molar-refractivity contribution is 6.31. The molecule has 1 unspecified atom stereocenters. The fraction of sp³-hybridized carbons (Fsp3) is 0.769. The van der Waals surface area contributed by atoms with Crippen LogP contribution in [0.3, 0.4) is 0 Å². The van der Waals surface area contributed by atoms with Crippen molar-refractivity contribution in [2.75, 3.05) is 33.2 Å². The molecular formula is C13H24ClN5. The zero-order chi connectivity index (χ0) is 14.0. The molecule has 2 heterocycles. The van der Waals surface area contributed by atoms with E-state index in [4.69, 9.17) is 17.3 Å². The van der Waals surface area contributed by atoms with Gasteiger partial charge in [0.15, 0.2) is 0 Å². The van der Waals surface area contributed by atoms with Crippen LogP contribution in [0.5, 0.6) is 0 Å². The average molecular weight is 286 g/mol. The number of piperazine rings is 1. The molecule has 0 aromatic carbocycles. The van der Waals surface area contributed by atoms with Crippen molar-refractivity contribution in [3.63, 3.8) is 0 Å². The Morgan fingerprint density at radius 3 is 2.79 bits per heavy atom. The van der Waals surface area contributed by atoms with E-state index < -0.39 is 0 Å². The van der Waals surface area contributed by atoms with Crippen LogP contribution in [0, 0.1) is 6.92 Å². The molecule has 1 aliphatic heterocycles. The van der Waals surface area contributed by atoms with Gasteiger partial charge in [-0.2, -0.15) is 5.10 Å². The Morgan fingerprint density at radius 2 is 2.16 bits per heavy atom. The molecule has 0 bridgehead atoms. The maximum Gasteiger partial charge on any atom is 0.0860 e. The first-order chi connectivity index (χ1) is 9.06. The number of halogens is 1. The zero-order valence-corrected chi connectivity index (χ0v) is 12.8. The Labute approximate surface area is 120 Å². The van der Waals surface area contributed by atoms with Gasteiger partial charge in [-0.25, -0.2) is 0 Å². The highest BCUT2D eigenvalue weighted by atomic mass is 35.5. The third-order valence-electron chi connectivity index (χ3n) is 3.89. The molecule has 2 rings (SSSR count). The first-order valence-electron chi connectivity index (χ1n) is 6.91. The summed E-state index contributed by atoms with van der Waals surface area (Å²) in [4.78, 5) is 4.76. The number of hydrogen-bond acceptors (Lipinski definition) is 4. The van der Waals surface area contributed by atoms with Crippen molar-refractivity contribution in [3.8, 4) is 0 Å². The molecule has 19 heavy (non-hydrogen) atoms. The first-order valence-corrected chi connectivity index (χ1v) is 7.29. The van der Waals surface area contributed by atoms with Crippen LogP contribution >= 0.6 is 11.6 Å². The highest BCUT2D eigenvalue weighted by Gasteiger charge is 2.26. The van der Waals surface area contributed by atoms with Crippen LogP contribution in [0.15, 0.2) is 0 Å². The molecule has 0 aliphatic carbocycles. The third kappa shape index (κ3) is 3.11. The van der Waals surface area contributed by atoms with Gasteiger partial charge in [0.05, 0.1) is 16.4 Å². The maximum atomic E-state index is 6.38. The lowest BCUT2D eigenvalue weighted by Crippen LogP contribution is -2.54. The SMILES string of the molecule is CCn1nc(C)c(Cl)c1CN1CCN(C)CC1CN. The molecule has 1 aromatic heterocycles. The van der Waals surface area contributed by atoms with E-state index in [1.807, 2.05) is 11.6 Å². The Morgan fingerprint density at radius 1 is 1.42 bits per heavy atom. The summed E-state index contributed by atoms with van der Waals surface area (Å²) in [6, 6.07) is 0.398. The Balaban J connectivity index is 2.16. The van der Waals surface area contributed by atoms with Gasteiger partial charge in [0.1, 0.15) is 0 Å². The molecule has 1 aromatic rings. The number of hydrogen-bond donors (Lipinski definition) is 1. The minimum atomic E-state index is 0.398. The van der Waals surface area contributed by atoms with E-state index in [1.165, 1.54) is 0 Å². The van der Waals surface area contributed by atoms with Crippen molar-refractivity contribution in [2.24, 2.45) is 5.73 Å². The third-order valence-corrected chi connectivity index (χ3v) is 4.38. The standard InChI is InChI=1S/C13H24ClN5/c1-4-19-12(13(14)10(2)16-19)9-18-6-5-17(3)8-11(18)7-15/h11H,4-9,15H2,1-3H3. The fourth-order valence-electron chi connectivity index (χ4n) is 2.69. The summed E-state index contributed by atoms with van der Waals surface area (Å²) >= 11 is 6.38. The summed E-state index contributed by atoms with van der Waals surface area (Å²) in [6.45, 7) is 9.55. The van der Waals surface area contributed by atoms with Crippen LogP contribution in [-0.2, 0) is 13.1 Å². The summed E-state index contributed by atoms with van der Waals surface area (Å²) in [5.74, 6) is 0. The number of nitrogens with two attached hydrogens (primary N) is 1. The molecule has 0 amide bonds. The molecule has 0 saturated carbocycles. The molecule has 1 atom stereocenters. The second-order valence-corrected chi connectivity index (χ2v) is 5.66. The quantitative estimate of drug-likeness (QED) is 0.895. The van der Waals surface area contributed by atoms with Crippen molar-refractivity contribution >= 4 is 11.6 Å². The van der Waals surface area contributed by atoms with Crippen LogP contribution in [0.4, 0.5) is 0 Å². The van der Waals surface area contributed by atoms with E-state index in [0.29, 0.717) is 12.6 Å². The molecule has 2 N–H and O–H groups in total. The van der Waals surface area contributed by atoms with E-state index in [2.05, 4.69) is 28.9 Å². The minimum absolute atomic E-state index is 0.398. The van der Waals surface area contributed by atoms with Crippen LogP contribution in [-0.4, -0.2) is 58.8 Å². The predicted octanol–water partition coefficient (Wildman–Crippen LogP) is 0.940. The van der Waals surface area contributed by atoms with Crippen molar-refractivity contribution < 1.29 is 0 Å². The second kappa shape index (κ2) is 6.22. The highest BCUT2D eigenvalue weighted by Crippen LogP contribution is 2.23. The van der Waals surface area contributed by atoms with E-state index in [9.17, 15) is 0 Å². The second-order valence-electron chi connectivity index (χ2n) is 5.28. The van der Waals surface area contributed by atoms with E-state index in [1.54, 1.807) is 0 Å². The molecule has 1 aliphatic rings. The van der Waals surface area contributed by atoms with Gasteiger partial charge >= 0.3 is 0 Å². The first kappa shape index (κ1) is 14.8. The minimum Gasteiger partial charge on any atom is -0.329 e. The molecule has 5 nitrogen and oxygen atoms in total. The van der Waals surface area contributed by atoms with Gasteiger partial charge in [0.25, 0.3) is 0 Å². The topological polar surface area (TPSA) is 50.3 Å². The van der Waals surface area contributed by atoms with Crippen molar-refractivity contribution in [3.05, 3.63) is 16.4 Å². The summed E-state index contributed by atoms with van der Waals surface area (Å²) in [7, 11) is 2.15. The van der Waals surface area contributed by atoms with Gasteiger partial charge < -0.3 is 10.6 Å². The van der Waals surface area contributed by atoms with E-state index >= 15 is 0 Å². The molecule has 1 fully saturated rings. The van der Waals surface area contributed by atoms with Crippen molar-refractivity contribution in [2.45, 2.75) is 33.0 Å². The molecule has 1 saturated heterocycles. The smallest absolute Gasteiger partial charge is 0.0860 e. The lowest BCUT2D eigenvalue weighted by molar-refractivity contribution is 0.0857. The number of likely N-dealkylation sites (N-methyl/N-ethyl adjacent to an activating group) is 1. The number of nitrogens with zero attached hydrogens (tertiary/aromatic N) is 4. The van der Waals surface area contributed by atoms with Crippen molar-refractivity contribution in [1.29, 1.82) is 0 Å². The molecule has 0 spiro atoms. The zero-order valence-electron chi connectivity index (χ0n) is 12.1.